The summed E-state index contributed by atoms with van der Waals surface area (Å²) in [6.45, 7) is 2.86. The summed E-state index contributed by atoms with van der Waals surface area (Å²) in [5.74, 6) is 0. The third kappa shape index (κ3) is 2.24. The first-order valence-corrected chi connectivity index (χ1v) is 7.88. The van der Waals surface area contributed by atoms with Crippen LogP contribution in [-0.4, -0.2) is 20.5 Å². The van der Waals surface area contributed by atoms with E-state index in [0.29, 0.717) is 4.90 Å². The second-order valence-corrected chi connectivity index (χ2v) is 7.20. The van der Waals surface area contributed by atoms with E-state index in [1.54, 1.807) is 12.1 Å². The maximum absolute atomic E-state index is 12.2. The largest absolute Gasteiger partial charge is 0.385 e. The van der Waals surface area contributed by atoms with E-state index in [4.69, 9.17) is 0 Å². The van der Waals surface area contributed by atoms with Crippen molar-refractivity contribution in [3.63, 3.8) is 0 Å². The number of fused-ring (bicyclic) bond motifs is 1. The number of aryl methyl sites for hydroxylation is 1. The van der Waals surface area contributed by atoms with Gasteiger partial charge in [0.1, 0.15) is 0 Å². The van der Waals surface area contributed by atoms with Crippen LogP contribution in [-0.2, 0) is 16.4 Å². The smallest absolute Gasteiger partial charge is 0.241 e. The first-order chi connectivity index (χ1) is 8.49. The van der Waals surface area contributed by atoms with Crippen molar-refractivity contribution in [2.75, 3.05) is 11.9 Å². The topological polar surface area (TPSA) is 58.2 Å². The summed E-state index contributed by atoms with van der Waals surface area (Å²) < 4.78 is 27.2. The molecule has 4 nitrogen and oxygen atoms in total. The average molecular weight is 266 g/mol. The zero-order chi connectivity index (χ0) is 12.8. The van der Waals surface area contributed by atoms with Gasteiger partial charge in [-0.15, -0.1) is 0 Å². The highest BCUT2D eigenvalue weighted by Gasteiger charge is 2.41. The summed E-state index contributed by atoms with van der Waals surface area (Å²) in [6.07, 6.45) is 3.98. The fourth-order valence-electron chi connectivity index (χ4n) is 2.28. The van der Waals surface area contributed by atoms with Crippen molar-refractivity contribution in [3.05, 3.63) is 23.8 Å². The summed E-state index contributed by atoms with van der Waals surface area (Å²) in [5, 5.41) is 3.26. The van der Waals surface area contributed by atoms with Gasteiger partial charge in [-0.1, -0.05) is 6.07 Å². The Morgan fingerprint density at radius 3 is 2.83 bits per heavy atom. The summed E-state index contributed by atoms with van der Waals surface area (Å²) in [6, 6.07) is 5.38. The molecule has 1 aromatic rings. The highest BCUT2D eigenvalue weighted by atomic mass is 32.2. The Morgan fingerprint density at radius 1 is 1.33 bits per heavy atom. The average Bonchev–Trinajstić information content (AvgIpc) is 3.05. The molecule has 1 saturated carbocycles. The number of anilines is 1. The Balaban J connectivity index is 1.91. The standard InChI is InChI=1S/C13H18N2O2S/c1-13(6-7-13)15-18(16,17)11-5-4-10-3-2-8-14-12(10)9-11/h4-5,9,14-15H,2-3,6-8H2,1H3. The zero-order valence-corrected chi connectivity index (χ0v) is 11.3. The lowest BCUT2D eigenvalue weighted by molar-refractivity contribution is 0.558. The predicted molar refractivity (Wildman–Crippen MR) is 71.2 cm³/mol. The molecular weight excluding hydrogens is 248 g/mol. The molecule has 3 rings (SSSR count). The van der Waals surface area contributed by atoms with Gasteiger partial charge in [-0.2, -0.15) is 0 Å². The van der Waals surface area contributed by atoms with Gasteiger partial charge in [0.05, 0.1) is 4.90 Å². The quantitative estimate of drug-likeness (QED) is 0.878. The van der Waals surface area contributed by atoms with E-state index in [2.05, 4.69) is 10.0 Å². The van der Waals surface area contributed by atoms with Crippen molar-refractivity contribution in [1.82, 2.24) is 4.72 Å². The Labute approximate surface area is 108 Å². The molecule has 1 fully saturated rings. The SMILES string of the molecule is CC1(NS(=O)(=O)c2ccc3c(c2)NCCC3)CC1. The molecule has 0 spiro atoms. The summed E-state index contributed by atoms with van der Waals surface area (Å²) in [5.41, 5.74) is 1.95. The lowest BCUT2D eigenvalue weighted by Gasteiger charge is -2.19. The van der Waals surface area contributed by atoms with E-state index in [-0.39, 0.29) is 5.54 Å². The number of benzene rings is 1. The Morgan fingerprint density at radius 2 is 2.11 bits per heavy atom. The van der Waals surface area contributed by atoms with Crippen LogP contribution in [0.25, 0.3) is 0 Å². The van der Waals surface area contributed by atoms with Gasteiger partial charge < -0.3 is 5.32 Å². The molecule has 1 aromatic carbocycles. The molecule has 0 atom stereocenters. The maximum atomic E-state index is 12.2. The highest BCUT2D eigenvalue weighted by molar-refractivity contribution is 7.89. The minimum atomic E-state index is -3.38. The number of hydrogen-bond acceptors (Lipinski definition) is 3. The van der Waals surface area contributed by atoms with Gasteiger partial charge >= 0.3 is 0 Å². The first-order valence-electron chi connectivity index (χ1n) is 6.39. The number of sulfonamides is 1. The van der Waals surface area contributed by atoms with Crippen LogP contribution in [0.15, 0.2) is 23.1 Å². The third-order valence-corrected chi connectivity index (χ3v) is 5.35. The number of hydrogen-bond donors (Lipinski definition) is 2. The molecule has 1 aliphatic heterocycles. The number of rotatable bonds is 3. The van der Waals surface area contributed by atoms with Crippen LogP contribution >= 0.6 is 0 Å². The van der Waals surface area contributed by atoms with Gasteiger partial charge in [-0.25, -0.2) is 13.1 Å². The molecule has 0 bridgehead atoms. The van der Waals surface area contributed by atoms with E-state index in [1.165, 1.54) is 5.56 Å². The normalized spacial score (nSPS) is 20.9. The van der Waals surface area contributed by atoms with Gasteiger partial charge in [-0.05, 0) is 50.3 Å². The molecule has 0 unspecified atom stereocenters. The molecule has 18 heavy (non-hydrogen) atoms. The van der Waals surface area contributed by atoms with Gasteiger partial charge in [0, 0.05) is 17.8 Å². The molecular formula is C13H18N2O2S. The predicted octanol–water partition coefficient (Wildman–Crippen LogP) is 1.88. The maximum Gasteiger partial charge on any atom is 0.241 e. The molecule has 0 aromatic heterocycles. The second-order valence-electron chi connectivity index (χ2n) is 5.52. The summed E-state index contributed by atoms with van der Waals surface area (Å²) >= 11 is 0. The lowest BCUT2D eigenvalue weighted by atomic mass is 10.0. The van der Waals surface area contributed by atoms with Crippen molar-refractivity contribution in [3.8, 4) is 0 Å². The molecule has 2 N–H and O–H groups in total. The van der Waals surface area contributed by atoms with E-state index >= 15 is 0 Å². The highest BCUT2D eigenvalue weighted by Crippen LogP contribution is 2.36. The van der Waals surface area contributed by atoms with E-state index in [0.717, 1.165) is 37.9 Å². The molecule has 0 saturated heterocycles. The van der Waals surface area contributed by atoms with Gasteiger partial charge in [0.2, 0.25) is 10.0 Å². The fourth-order valence-corrected chi connectivity index (χ4v) is 3.77. The molecule has 0 amide bonds. The van der Waals surface area contributed by atoms with E-state index in [9.17, 15) is 8.42 Å². The van der Waals surface area contributed by atoms with Crippen LogP contribution < -0.4 is 10.0 Å². The van der Waals surface area contributed by atoms with Crippen LogP contribution in [0, 0.1) is 0 Å². The molecule has 0 radical (unpaired) electrons. The van der Waals surface area contributed by atoms with Gasteiger partial charge in [0.25, 0.3) is 0 Å². The second kappa shape index (κ2) is 3.96. The molecule has 98 valence electrons. The lowest BCUT2D eigenvalue weighted by Crippen LogP contribution is -2.34. The Hall–Kier alpha value is -1.07. The molecule has 2 aliphatic rings. The summed E-state index contributed by atoms with van der Waals surface area (Å²) in [4.78, 5) is 0.365. The van der Waals surface area contributed by atoms with Crippen LogP contribution in [0.3, 0.4) is 0 Å². The molecule has 5 heteroatoms. The Kier molecular flexibility index (Phi) is 2.64. The third-order valence-electron chi connectivity index (χ3n) is 3.71. The Bertz CT molecular complexity index is 577. The van der Waals surface area contributed by atoms with Crippen molar-refractivity contribution in [1.29, 1.82) is 0 Å². The van der Waals surface area contributed by atoms with Crippen molar-refractivity contribution < 1.29 is 8.42 Å². The monoisotopic (exact) mass is 266 g/mol. The minimum absolute atomic E-state index is 0.220. The zero-order valence-electron chi connectivity index (χ0n) is 10.5. The van der Waals surface area contributed by atoms with Crippen molar-refractivity contribution in [2.45, 2.75) is 43.0 Å². The van der Waals surface area contributed by atoms with Gasteiger partial charge in [-0.3, -0.25) is 0 Å². The summed E-state index contributed by atoms with van der Waals surface area (Å²) in [7, 11) is -3.38. The molecule has 1 aliphatic carbocycles. The number of nitrogens with one attached hydrogen (secondary N) is 2. The van der Waals surface area contributed by atoms with E-state index < -0.39 is 10.0 Å². The van der Waals surface area contributed by atoms with Crippen LogP contribution in [0.2, 0.25) is 0 Å². The van der Waals surface area contributed by atoms with E-state index in [1.807, 2.05) is 13.0 Å². The van der Waals surface area contributed by atoms with Crippen molar-refractivity contribution in [2.24, 2.45) is 0 Å². The van der Waals surface area contributed by atoms with Crippen LogP contribution in [0.5, 0.6) is 0 Å². The van der Waals surface area contributed by atoms with Crippen LogP contribution in [0.1, 0.15) is 31.7 Å². The fraction of sp³-hybridized carbons (Fsp3) is 0.538. The van der Waals surface area contributed by atoms with Gasteiger partial charge in [0.15, 0.2) is 0 Å². The van der Waals surface area contributed by atoms with Crippen molar-refractivity contribution >= 4 is 15.7 Å². The molecule has 1 heterocycles. The first kappa shape index (κ1) is 12.0. The van der Waals surface area contributed by atoms with Crippen LogP contribution in [0.4, 0.5) is 5.69 Å². The minimum Gasteiger partial charge on any atom is -0.385 e.